The number of ether oxygens (including phenoxy) is 2. The number of para-hydroxylation sites is 1. The first-order valence-electron chi connectivity index (χ1n) is 7.93. The van der Waals surface area contributed by atoms with E-state index < -0.39 is 5.97 Å². The van der Waals surface area contributed by atoms with Crippen LogP contribution in [0.4, 0.5) is 0 Å². The van der Waals surface area contributed by atoms with Gasteiger partial charge in [0.25, 0.3) is 5.91 Å². The normalized spacial score (nSPS) is 10.3. The van der Waals surface area contributed by atoms with Crippen molar-refractivity contribution in [1.82, 2.24) is 5.32 Å². The molecule has 0 atom stereocenters. The minimum absolute atomic E-state index is 0.0342. The molecular weight excluding hydrogens is 354 g/mol. The van der Waals surface area contributed by atoms with Gasteiger partial charge in [0.15, 0.2) is 6.61 Å². The van der Waals surface area contributed by atoms with E-state index in [1.54, 1.807) is 17.4 Å². The fourth-order valence-corrected chi connectivity index (χ4v) is 2.80. The number of hydrogen-bond donors (Lipinski definition) is 1. The molecule has 0 aliphatic rings. The van der Waals surface area contributed by atoms with Crippen LogP contribution in [-0.4, -0.2) is 18.5 Å². The number of nitrogens with one attached hydrogen (secondary N) is 1. The largest absolute Gasteiger partial charge is 0.489 e. The number of thiophene rings is 1. The van der Waals surface area contributed by atoms with Gasteiger partial charge in [-0.3, -0.25) is 4.79 Å². The first-order chi connectivity index (χ1) is 12.7. The molecule has 0 saturated heterocycles. The van der Waals surface area contributed by atoms with Gasteiger partial charge in [0.05, 0.1) is 12.8 Å². The molecule has 3 aromatic rings. The Bertz CT molecular complexity index is 842. The van der Waals surface area contributed by atoms with Gasteiger partial charge in [0.2, 0.25) is 5.76 Å². The summed E-state index contributed by atoms with van der Waals surface area (Å²) in [6, 6.07) is 14.7. The van der Waals surface area contributed by atoms with E-state index in [2.05, 4.69) is 5.32 Å². The van der Waals surface area contributed by atoms with E-state index in [1.165, 1.54) is 6.26 Å². The molecule has 134 valence electrons. The van der Waals surface area contributed by atoms with E-state index in [0.29, 0.717) is 17.9 Å². The Labute approximate surface area is 154 Å². The molecule has 0 fully saturated rings. The molecule has 7 heteroatoms. The maximum atomic E-state index is 12.1. The van der Waals surface area contributed by atoms with Crippen LogP contribution in [0.15, 0.2) is 64.6 Å². The Kier molecular flexibility index (Phi) is 6.05. The second-order valence-corrected chi connectivity index (χ2v) is 6.34. The summed E-state index contributed by atoms with van der Waals surface area (Å²) in [5, 5.41) is 4.61. The summed E-state index contributed by atoms with van der Waals surface area (Å²) >= 11 is 1.54. The van der Waals surface area contributed by atoms with E-state index in [1.807, 2.05) is 47.8 Å². The molecule has 0 unspecified atom stereocenters. The van der Waals surface area contributed by atoms with Crippen molar-refractivity contribution >= 4 is 23.2 Å². The summed E-state index contributed by atoms with van der Waals surface area (Å²) in [7, 11) is 0. The Hall–Kier alpha value is -3.06. The second-order valence-electron chi connectivity index (χ2n) is 5.31. The van der Waals surface area contributed by atoms with Crippen molar-refractivity contribution < 1.29 is 23.5 Å². The van der Waals surface area contributed by atoms with Gasteiger partial charge in [-0.1, -0.05) is 24.3 Å². The number of furan rings is 1. The molecule has 1 N–H and O–H groups in total. The fourth-order valence-electron chi connectivity index (χ4n) is 2.15. The maximum Gasteiger partial charge on any atom is 0.375 e. The Balaban J connectivity index is 1.47. The number of rotatable bonds is 8. The van der Waals surface area contributed by atoms with Crippen LogP contribution >= 0.6 is 11.3 Å². The molecule has 2 heterocycles. The summed E-state index contributed by atoms with van der Waals surface area (Å²) in [5.74, 6) is -0.360. The third kappa shape index (κ3) is 4.97. The van der Waals surface area contributed by atoms with Crippen molar-refractivity contribution in [3.63, 3.8) is 0 Å². The number of benzene rings is 1. The summed E-state index contributed by atoms with van der Waals surface area (Å²) in [6.07, 6.45) is 1.39. The average Bonchev–Trinajstić information content (AvgIpc) is 3.35. The molecule has 0 bridgehead atoms. The predicted molar refractivity (Wildman–Crippen MR) is 95.9 cm³/mol. The summed E-state index contributed by atoms with van der Waals surface area (Å²) in [5.41, 5.74) is 0.554. The van der Waals surface area contributed by atoms with Crippen LogP contribution in [0.2, 0.25) is 0 Å². The number of carbonyl (C=O) groups is 2. The van der Waals surface area contributed by atoms with Gasteiger partial charge in [-0.2, -0.15) is 0 Å². The topological polar surface area (TPSA) is 77.8 Å². The van der Waals surface area contributed by atoms with Gasteiger partial charge >= 0.3 is 5.97 Å². The Morgan fingerprint density at radius 3 is 2.69 bits per heavy atom. The smallest absolute Gasteiger partial charge is 0.375 e. The van der Waals surface area contributed by atoms with Crippen molar-refractivity contribution in [2.75, 3.05) is 6.61 Å². The Morgan fingerprint density at radius 1 is 1.08 bits per heavy atom. The molecule has 2 aromatic heterocycles. The monoisotopic (exact) mass is 371 g/mol. The summed E-state index contributed by atoms with van der Waals surface area (Å²) in [6.45, 7) is 0.199. The Morgan fingerprint density at radius 2 is 1.92 bits per heavy atom. The highest BCUT2D eigenvalue weighted by atomic mass is 32.1. The molecule has 3 rings (SSSR count). The van der Waals surface area contributed by atoms with Crippen molar-refractivity contribution in [1.29, 1.82) is 0 Å². The van der Waals surface area contributed by atoms with Gasteiger partial charge in [-0.25, -0.2) is 4.79 Å². The van der Waals surface area contributed by atoms with Gasteiger partial charge < -0.3 is 19.2 Å². The lowest BCUT2D eigenvalue weighted by atomic mass is 10.2. The molecule has 0 aliphatic heterocycles. The van der Waals surface area contributed by atoms with Crippen LogP contribution in [0.5, 0.6) is 5.75 Å². The molecule has 0 radical (unpaired) electrons. The zero-order valence-electron chi connectivity index (χ0n) is 13.8. The lowest BCUT2D eigenvalue weighted by molar-refractivity contribution is -0.124. The van der Waals surface area contributed by atoms with Crippen LogP contribution < -0.4 is 10.1 Å². The van der Waals surface area contributed by atoms with Gasteiger partial charge in [-0.15, -0.1) is 11.3 Å². The lowest BCUT2D eigenvalue weighted by Crippen LogP contribution is -2.28. The molecule has 0 aliphatic carbocycles. The van der Waals surface area contributed by atoms with Crippen molar-refractivity contribution in [2.24, 2.45) is 0 Å². The van der Waals surface area contributed by atoms with Crippen molar-refractivity contribution in [3.05, 3.63) is 76.4 Å². The molecule has 0 saturated carbocycles. The highest BCUT2D eigenvalue weighted by Crippen LogP contribution is 2.16. The standard InChI is InChI=1S/C19H17NO5S/c21-17(20-11-16-7-4-10-26-16)13-25-19(22)18-14(8-9-23-18)12-24-15-5-2-1-3-6-15/h1-10H,11-13H2,(H,20,21). The molecule has 26 heavy (non-hydrogen) atoms. The first-order valence-corrected chi connectivity index (χ1v) is 8.81. The summed E-state index contributed by atoms with van der Waals surface area (Å²) < 4.78 is 15.8. The zero-order chi connectivity index (χ0) is 18.2. The third-order valence-electron chi connectivity index (χ3n) is 3.44. The molecule has 1 amide bonds. The van der Waals surface area contributed by atoms with Crippen LogP contribution in [0.25, 0.3) is 0 Å². The second kappa shape index (κ2) is 8.87. The first kappa shape index (κ1) is 17.8. The SMILES string of the molecule is O=C(COC(=O)c1occc1COc1ccccc1)NCc1cccs1. The van der Waals surface area contributed by atoms with Crippen LogP contribution in [-0.2, 0) is 22.7 Å². The van der Waals surface area contributed by atoms with Crippen LogP contribution in [0.1, 0.15) is 21.0 Å². The van der Waals surface area contributed by atoms with Gasteiger partial charge in [0, 0.05) is 10.4 Å². The van der Waals surface area contributed by atoms with E-state index in [-0.39, 0.29) is 24.9 Å². The van der Waals surface area contributed by atoms with Gasteiger partial charge in [0.1, 0.15) is 12.4 Å². The molecule has 1 aromatic carbocycles. The van der Waals surface area contributed by atoms with Gasteiger partial charge in [-0.05, 0) is 29.6 Å². The number of esters is 1. The van der Waals surface area contributed by atoms with E-state index in [4.69, 9.17) is 13.9 Å². The van der Waals surface area contributed by atoms with E-state index in [0.717, 1.165) is 4.88 Å². The third-order valence-corrected chi connectivity index (χ3v) is 4.32. The lowest BCUT2D eigenvalue weighted by Gasteiger charge is -2.07. The van der Waals surface area contributed by atoms with E-state index in [9.17, 15) is 9.59 Å². The number of amides is 1. The van der Waals surface area contributed by atoms with Crippen molar-refractivity contribution in [3.8, 4) is 5.75 Å². The molecule has 0 spiro atoms. The van der Waals surface area contributed by atoms with Crippen LogP contribution in [0, 0.1) is 0 Å². The minimum Gasteiger partial charge on any atom is -0.489 e. The van der Waals surface area contributed by atoms with E-state index >= 15 is 0 Å². The zero-order valence-corrected chi connectivity index (χ0v) is 14.7. The fraction of sp³-hybridized carbons (Fsp3) is 0.158. The summed E-state index contributed by atoms with van der Waals surface area (Å²) in [4.78, 5) is 24.9. The number of carbonyl (C=O) groups excluding carboxylic acids is 2. The predicted octanol–water partition coefficient (Wildman–Crippen LogP) is 3.39. The minimum atomic E-state index is -0.701. The highest BCUT2D eigenvalue weighted by Gasteiger charge is 2.18. The molecular formula is C19H17NO5S. The van der Waals surface area contributed by atoms with Crippen LogP contribution in [0.3, 0.4) is 0 Å². The highest BCUT2D eigenvalue weighted by molar-refractivity contribution is 7.09. The maximum absolute atomic E-state index is 12.1. The molecule has 6 nitrogen and oxygen atoms in total. The van der Waals surface area contributed by atoms with Crippen molar-refractivity contribution in [2.45, 2.75) is 13.2 Å². The number of hydrogen-bond acceptors (Lipinski definition) is 6. The quantitative estimate of drug-likeness (QED) is 0.614. The average molecular weight is 371 g/mol.